The zero-order chi connectivity index (χ0) is 11.4. The van der Waals surface area contributed by atoms with Crippen LogP contribution in [0, 0.1) is 0 Å². The fourth-order valence-electron chi connectivity index (χ4n) is 1.56. The molecule has 0 aliphatic rings. The van der Waals surface area contributed by atoms with Gasteiger partial charge in [-0.3, -0.25) is 0 Å². The van der Waals surface area contributed by atoms with Gasteiger partial charge in [0, 0.05) is 0 Å². The van der Waals surface area contributed by atoms with Gasteiger partial charge in [-0.2, -0.15) is 0 Å². The molecule has 0 unspecified atom stereocenters. The molecule has 0 bridgehead atoms. The number of methoxy groups -OCH3 is 2. The molecule has 0 spiro atoms. The van der Waals surface area contributed by atoms with E-state index in [4.69, 9.17) is 21.1 Å². The molecular weight excluding hydrogens is 216 g/mol. The Hall–Kier alpha value is -0.930. The number of hydrogen-bond donors (Lipinski definition) is 1. The van der Waals surface area contributed by atoms with Crippen molar-refractivity contribution in [2.75, 3.05) is 14.2 Å². The van der Waals surface area contributed by atoms with Crippen LogP contribution in [0.5, 0.6) is 11.5 Å². The molecule has 1 rings (SSSR count). The Balaban J connectivity index is 3.41. The van der Waals surface area contributed by atoms with Crippen LogP contribution in [0.25, 0.3) is 0 Å². The molecule has 4 heteroatoms. The van der Waals surface area contributed by atoms with E-state index in [-0.39, 0.29) is 6.61 Å². The SMILES string of the molecule is CCc1c(CO)cc(OC)c(OC)c1Cl. The zero-order valence-electron chi connectivity index (χ0n) is 9.13. The highest BCUT2D eigenvalue weighted by Gasteiger charge is 2.16. The molecule has 0 aromatic heterocycles. The van der Waals surface area contributed by atoms with E-state index < -0.39 is 0 Å². The van der Waals surface area contributed by atoms with Crippen molar-refractivity contribution in [1.29, 1.82) is 0 Å². The van der Waals surface area contributed by atoms with Crippen LogP contribution in [-0.2, 0) is 13.0 Å². The van der Waals surface area contributed by atoms with Gasteiger partial charge in [-0.05, 0) is 23.6 Å². The van der Waals surface area contributed by atoms with Crippen molar-refractivity contribution in [1.82, 2.24) is 0 Å². The highest BCUT2D eigenvalue weighted by atomic mass is 35.5. The van der Waals surface area contributed by atoms with E-state index in [2.05, 4.69) is 0 Å². The van der Waals surface area contributed by atoms with Crippen molar-refractivity contribution in [3.05, 3.63) is 22.2 Å². The summed E-state index contributed by atoms with van der Waals surface area (Å²) in [7, 11) is 3.09. The lowest BCUT2D eigenvalue weighted by atomic mass is 10.0. The van der Waals surface area contributed by atoms with Crippen LogP contribution in [0.2, 0.25) is 5.02 Å². The van der Waals surface area contributed by atoms with Gasteiger partial charge >= 0.3 is 0 Å². The van der Waals surface area contributed by atoms with E-state index in [0.717, 1.165) is 17.5 Å². The Bertz CT molecular complexity index is 320. The van der Waals surface area contributed by atoms with E-state index in [1.54, 1.807) is 20.3 Å². The standard InChI is InChI=1S/C11H15ClO3/c1-4-8-7(6-13)5-9(14-2)11(15-3)10(8)12/h5,13H,4,6H2,1-3H3. The summed E-state index contributed by atoms with van der Waals surface area (Å²) >= 11 is 6.16. The van der Waals surface area contributed by atoms with Crippen molar-refractivity contribution in [2.45, 2.75) is 20.0 Å². The van der Waals surface area contributed by atoms with Crippen molar-refractivity contribution < 1.29 is 14.6 Å². The number of rotatable bonds is 4. The summed E-state index contributed by atoms with van der Waals surface area (Å²) in [6.07, 6.45) is 0.745. The highest BCUT2D eigenvalue weighted by molar-refractivity contribution is 6.33. The van der Waals surface area contributed by atoms with Crippen molar-refractivity contribution >= 4 is 11.6 Å². The van der Waals surface area contributed by atoms with Crippen molar-refractivity contribution in [2.24, 2.45) is 0 Å². The maximum Gasteiger partial charge on any atom is 0.179 e. The van der Waals surface area contributed by atoms with E-state index in [1.807, 2.05) is 6.92 Å². The topological polar surface area (TPSA) is 38.7 Å². The van der Waals surface area contributed by atoms with Crippen LogP contribution in [0.4, 0.5) is 0 Å². The summed E-state index contributed by atoms with van der Waals surface area (Å²) in [6.45, 7) is 1.93. The lowest BCUT2D eigenvalue weighted by Gasteiger charge is -2.15. The summed E-state index contributed by atoms with van der Waals surface area (Å²) in [5.41, 5.74) is 1.68. The lowest BCUT2D eigenvalue weighted by molar-refractivity contribution is 0.279. The molecular formula is C11H15ClO3. The molecule has 15 heavy (non-hydrogen) atoms. The second-order valence-corrected chi connectivity index (χ2v) is 3.45. The Morgan fingerprint density at radius 3 is 2.40 bits per heavy atom. The van der Waals surface area contributed by atoms with E-state index in [9.17, 15) is 5.11 Å². The zero-order valence-corrected chi connectivity index (χ0v) is 9.89. The first kappa shape index (κ1) is 12.1. The minimum atomic E-state index is -0.0523. The monoisotopic (exact) mass is 230 g/mol. The average molecular weight is 231 g/mol. The third-order valence-electron chi connectivity index (χ3n) is 2.33. The second-order valence-electron chi connectivity index (χ2n) is 3.08. The molecule has 0 radical (unpaired) electrons. The Kier molecular flexibility index (Phi) is 4.24. The number of ether oxygens (including phenoxy) is 2. The van der Waals surface area contributed by atoms with Crippen molar-refractivity contribution in [3.8, 4) is 11.5 Å². The summed E-state index contributed by atoms with van der Waals surface area (Å²) in [5, 5.41) is 9.72. The van der Waals surface area contributed by atoms with Gasteiger partial charge in [-0.15, -0.1) is 0 Å². The van der Waals surface area contributed by atoms with Gasteiger partial charge in [0.15, 0.2) is 11.5 Å². The van der Waals surface area contributed by atoms with E-state index in [1.165, 1.54) is 0 Å². The molecule has 0 saturated carbocycles. The average Bonchev–Trinajstić information content (AvgIpc) is 2.27. The summed E-state index contributed by atoms with van der Waals surface area (Å²) in [4.78, 5) is 0. The Labute approximate surface area is 94.6 Å². The van der Waals surface area contributed by atoms with Crippen molar-refractivity contribution in [3.63, 3.8) is 0 Å². The number of halogens is 1. The highest BCUT2D eigenvalue weighted by Crippen LogP contribution is 2.39. The first-order valence-electron chi connectivity index (χ1n) is 4.72. The molecule has 1 aromatic carbocycles. The molecule has 0 aliphatic heterocycles. The van der Waals surface area contributed by atoms with Crippen LogP contribution in [0.15, 0.2) is 6.07 Å². The second kappa shape index (κ2) is 5.24. The molecule has 1 aromatic rings. The molecule has 0 atom stereocenters. The minimum Gasteiger partial charge on any atom is -0.493 e. The fourth-order valence-corrected chi connectivity index (χ4v) is 1.99. The largest absolute Gasteiger partial charge is 0.493 e. The number of aliphatic hydroxyl groups is 1. The summed E-state index contributed by atoms with van der Waals surface area (Å²) < 4.78 is 10.3. The molecule has 1 N–H and O–H groups in total. The molecule has 0 aliphatic carbocycles. The quantitative estimate of drug-likeness (QED) is 0.864. The van der Waals surface area contributed by atoms with Gasteiger partial charge < -0.3 is 14.6 Å². The van der Waals surface area contributed by atoms with Gasteiger partial charge in [0.05, 0.1) is 25.8 Å². The van der Waals surface area contributed by atoms with Crippen LogP contribution in [0.3, 0.4) is 0 Å². The van der Waals surface area contributed by atoms with E-state index in [0.29, 0.717) is 16.5 Å². The van der Waals surface area contributed by atoms with Crippen LogP contribution < -0.4 is 9.47 Å². The predicted molar refractivity (Wildman–Crippen MR) is 59.9 cm³/mol. The number of benzene rings is 1. The number of aliphatic hydroxyl groups excluding tert-OH is 1. The summed E-state index contributed by atoms with van der Waals surface area (Å²) in [5.74, 6) is 1.07. The molecule has 3 nitrogen and oxygen atoms in total. The maximum atomic E-state index is 9.20. The third-order valence-corrected chi connectivity index (χ3v) is 2.73. The van der Waals surface area contributed by atoms with Gasteiger partial charge in [-0.25, -0.2) is 0 Å². The lowest BCUT2D eigenvalue weighted by Crippen LogP contribution is -1.99. The number of hydrogen-bond acceptors (Lipinski definition) is 3. The summed E-state index contributed by atoms with van der Waals surface area (Å²) in [6, 6.07) is 1.75. The predicted octanol–water partition coefficient (Wildman–Crippen LogP) is 2.41. The molecule has 0 amide bonds. The molecule has 0 fully saturated rings. The van der Waals surface area contributed by atoms with Gasteiger partial charge in [0.1, 0.15) is 0 Å². The molecule has 84 valence electrons. The normalized spacial score (nSPS) is 10.2. The van der Waals surface area contributed by atoms with Gasteiger partial charge in [0.25, 0.3) is 0 Å². The molecule has 0 saturated heterocycles. The van der Waals surface area contributed by atoms with Gasteiger partial charge in [-0.1, -0.05) is 18.5 Å². The van der Waals surface area contributed by atoms with E-state index >= 15 is 0 Å². The van der Waals surface area contributed by atoms with Crippen LogP contribution in [0.1, 0.15) is 18.1 Å². The maximum absolute atomic E-state index is 9.20. The fraction of sp³-hybridized carbons (Fsp3) is 0.455. The molecule has 0 heterocycles. The first-order chi connectivity index (χ1) is 7.19. The van der Waals surface area contributed by atoms with Crippen LogP contribution in [-0.4, -0.2) is 19.3 Å². The smallest absolute Gasteiger partial charge is 0.179 e. The van der Waals surface area contributed by atoms with Gasteiger partial charge in [0.2, 0.25) is 0 Å². The minimum absolute atomic E-state index is 0.0523. The Morgan fingerprint density at radius 2 is 2.00 bits per heavy atom. The third kappa shape index (κ3) is 2.19. The van der Waals surface area contributed by atoms with Crippen LogP contribution >= 0.6 is 11.6 Å². The Morgan fingerprint density at radius 1 is 1.33 bits per heavy atom. The first-order valence-corrected chi connectivity index (χ1v) is 5.10.